The van der Waals surface area contributed by atoms with E-state index in [0.29, 0.717) is 35.8 Å². The summed E-state index contributed by atoms with van der Waals surface area (Å²) in [6.07, 6.45) is 2.23. The molecule has 4 aromatic rings. The molecule has 1 aromatic carbocycles. The van der Waals surface area contributed by atoms with E-state index in [1.165, 1.54) is 23.0 Å². The van der Waals surface area contributed by atoms with Crippen LogP contribution in [0.4, 0.5) is 24.7 Å². The van der Waals surface area contributed by atoms with Gasteiger partial charge in [-0.2, -0.15) is 18.3 Å². The number of likely N-dealkylation sites (tertiary alicyclic amines) is 1. The van der Waals surface area contributed by atoms with Crippen molar-refractivity contribution >= 4 is 29.0 Å². The number of nitrogens with zero attached hydrogens (tertiary/aromatic N) is 5. The van der Waals surface area contributed by atoms with Crippen molar-refractivity contribution in [2.24, 2.45) is 5.73 Å². The van der Waals surface area contributed by atoms with Gasteiger partial charge in [0.05, 0.1) is 30.2 Å². The highest BCUT2D eigenvalue weighted by Crippen LogP contribution is 2.36. The Morgan fingerprint density at radius 2 is 1.84 bits per heavy atom. The van der Waals surface area contributed by atoms with Gasteiger partial charge in [0.2, 0.25) is 5.91 Å². The van der Waals surface area contributed by atoms with Crippen molar-refractivity contribution < 1.29 is 22.8 Å². The van der Waals surface area contributed by atoms with Crippen LogP contribution in [-0.2, 0) is 11.0 Å². The topological polar surface area (TPSA) is 146 Å². The number of nitrogens with two attached hydrogens (primary N) is 1. The Morgan fingerprint density at radius 3 is 2.55 bits per heavy atom. The molecule has 0 bridgehead atoms. The number of benzene rings is 1. The molecule has 4 heterocycles. The Hall–Kier alpha value is -4.46. The Labute approximate surface area is 214 Å². The van der Waals surface area contributed by atoms with Crippen molar-refractivity contribution in [2.75, 3.05) is 25.0 Å². The third-order valence-electron chi connectivity index (χ3n) is 6.33. The number of hydrogen-bond donors (Lipinski definition) is 4. The first-order valence-corrected chi connectivity index (χ1v) is 11.8. The SMILES string of the molecule is NC1CCN(C(=O)CNC(=O)c2ccc(Nc3nccn4c(-c5cn[nH]c5C(F)(F)F)cnc34)cc2)CC1. The lowest BCUT2D eigenvalue weighted by molar-refractivity contribution is -0.140. The number of nitrogens with one attached hydrogen (secondary N) is 3. The number of hydrogen-bond acceptors (Lipinski definition) is 7. The normalized spacial score (nSPS) is 14.6. The van der Waals surface area contributed by atoms with Gasteiger partial charge in [-0.05, 0) is 37.1 Å². The maximum Gasteiger partial charge on any atom is 0.433 e. The highest BCUT2D eigenvalue weighted by molar-refractivity contribution is 5.96. The number of anilines is 2. The summed E-state index contributed by atoms with van der Waals surface area (Å²) in [5, 5.41) is 11.2. The second kappa shape index (κ2) is 10.1. The minimum atomic E-state index is -4.60. The van der Waals surface area contributed by atoms with Gasteiger partial charge in [-0.1, -0.05) is 0 Å². The van der Waals surface area contributed by atoms with Crippen molar-refractivity contribution in [1.82, 2.24) is 34.8 Å². The van der Waals surface area contributed by atoms with Gasteiger partial charge < -0.3 is 21.3 Å². The summed E-state index contributed by atoms with van der Waals surface area (Å²) in [5.74, 6) is -0.239. The lowest BCUT2D eigenvalue weighted by atomic mass is 10.1. The van der Waals surface area contributed by atoms with E-state index in [4.69, 9.17) is 5.73 Å². The van der Waals surface area contributed by atoms with Gasteiger partial charge >= 0.3 is 6.18 Å². The van der Waals surface area contributed by atoms with E-state index in [1.54, 1.807) is 29.2 Å². The molecule has 14 heteroatoms. The molecule has 1 fully saturated rings. The number of carbonyl (C=O) groups is 2. The number of H-pyrrole nitrogens is 1. The molecule has 0 unspecified atom stereocenters. The second-order valence-electron chi connectivity index (χ2n) is 8.87. The van der Waals surface area contributed by atoms with Crippen molar-refractivity contribution in [3.05, 3.63) is 60.3 Å². The van der Waals surface area contributed by atoms with Crippen LogP contribution in [-0.4, -0.2) is 67.0 Å². The monoisotopic (exact) mass is 527 g/mol. The van der Waals surface area contributed by atoms with Crippen LogP contribution >= 0.6 is 0 Å². The summed E-state index contributed by atoms with van der Waals surface area (Å²) in [7, 11) is 0. The van der Waals surface area contributed by atoms with Crippen molar-refractivity contribution in [2.45, 2.75) is 25.1 Å². The number of aromatic amines is 1. The number of amides is 2. The van der Waals surface area contributed by atoms with Crippen LogP contribution in [0.2, 0.25) is 0 Å². The molecule has 11 nitrogen and oxygen atoms in total. The number of fused-ring (bicyclic) bond motifs is 1. The molecule has 38 heavy (non-hydrogen) atoms. The Kier molecular flexibility index (Phi) is 6.72. The quantitative estimate of drug-likeness (QED) is 0.301. The predicted molar refractivity (Wildman–Crippen MR) is 131 cm³/mol. The Bertz CT molecular complexity index is 1460. The first kappa shape index (κ1) is 25.2. The van der Waals surface area contributed by atoms with Crippen molar-refractivity contribution in [1.29, 1.82) is 0 Å². The molecule has 2 amide bonds. The summed E-state index contributed by atoms with van der Waals surface area (Å²) in [4.78, 5) is 35.0. The number of aromatic nitrogens is 5. The summed E-state index contributed by atoms with van der Waals surface area (Å²) < 4.78 is 41.5. The summed E-state index contributed by atoms with van der Waals surface area (Å²) in [6.45, 7) is 1.07. The van der Waals surface area contributed by atoms with Gasteiger partial charge in [0.1, 0.15) is 5.69 Å². The predicted octanol–water partition coefficient (Wildman–Crippen LogP) is 2.56. The van der Waals surface area contributed by atoms with Gasteiger partial charge in [-0.25, -0.2) is 9.97 Å². The minimum Gasteiger partial charge on any atom is -0.343 e. The van der Waals surface area contributed by atoms with Crippen LogP contribution < -0.4 is 16.4 Å². The molecule has 198 valence electrons. The Morgan fingerprint density at radius 1 is 1.11 bits per heavy atom. The average Bonchev–Trinajstić information content (AvgIpc) is 3.56. The van der Waals surface area contributed by atoms with Crippen LogP contribution in [0.1, 0.15) is 28.9 Å². The van der Waals surface area contributed by atoms with E-state index < -0.39 is 17.8 Å². The number of rotatable bonds is 6. The molecule has 0 atom stereocenters. The third-order valence-corrected chi connectivity index (χ3v) is 6.33. The van der Waals surface area contributed by atoms with Gasteiger partial charge in [-0.3, -0.25) is 19.1 Å². The molecule has 1 aliphatic rings. The molecule has 0 aliphatic carbocycles. The molecule has 1 saturated heterocycles. The molecular formula is C24H24F3N9O2. The number of alkyl halides is 3. The van der Waals surface area contributed by atoms with E-state index >= 15 is 0 Å². The summed E-state index contributed by atoms with van der Waals surface area (Å²) >= 11 is 0. The third kappa shape index (κ3) is 5.16. The second-order valence-corrected chi connectivity index (χ2v) is 8.87. The van der Waals surface area contributed by atoms with E-state index in [1.807, 2.05) is 5.10 Å². The van der Waals surface area contributed by atoms with E-state index in [-0.39, 0.29) is 29.8 Å². The largest absolute Gasteiger partial charge is 0.433 e. The number of halogens is 3. The fourth-order valence-corrected chi connectivity index (χ4v) is 4.26. The summed E-state index contributed by atoms with van der Waals surface area (Å²) in [5.41, 5.74) is 6.18. The van der Waals surface area contributed by atoms with E-state index in [2.05, 4.69) is 25.7 Å². The number of piperidine rings is 1. The highest BCUT2D eigenvalue weighted by Gasteiger charge is 2.36. The smallest absolute Gasteiger partial charge is 0.343 e. The standard InChI is InChI=1S/C24H24F3N9O2/c25-24(26,27)20-17(11-32-34-20)18-12-30-22-21(29-7-10-36(18)22)33-16-3-1-14(2-4-16)23(38)31-13-19(37)35-8-5-15(28)6-9-35/h1-4,7,10-12,15H,5-6,8-9,13,28H2,(H,29,33)(H,31,38)(H,32,34). The highest BCUT2D eigenvalue weighted by atomic mass is 19.4. The zero-order valence-corrected chi connectivity index (χ0v) is 20.0. The van der Waals surface area contributed by atoms with Gasteiger partial charge in [0.15, 0.2) is 11.5 Å². The first-order chi connectivity index (χ1) is 18.2. The zero-order chi connectivity index (χ0) is 26.9. The summed E-state index contributed by atoms with van der Waals surface area (Å²) in [6, 6.07) is 6.57. The zero-order valence-electron chi connectivity index (χ0n) is 20.0. The van der Waals surface area contributed by atoms with Crippen molar-refractivity contribution in [3.63, 3.8) is 0 Å². The molecule has 5 N–H and O–H groups in total. The molecule has 0 saturated carbocycles. The van der Waals surface area contributed by atoms with Gasteiger partial charge in [0, 0.05) is 42.8 Å². The fourth-order valence-electron chi connectivity index (χ4n) is 4.26. The molecular weight excluding hydrogens is 503 g/mol. The number of imidazole rings is 1. The van der Waals surface area contributed by atoms with E-state index in [9.17, 15) is 22.8 Å². The van der Waals surface area contributed by atoms with Crippen LogP contribution in [0.15, 0.2) is 49.1 Å². The molecule has 0 radical (unpaired) electrons. The maximum atomic E-state index is 13.3. The lowest BCUT2D eigenvalue weighted by Gasteiger charge is -2.30. The lowest BCUT2D eigenvalue weighted by Crippen LogP contribution is -2.46. The van der Waals surface area contributed by atoms with Crippen molar-refractivity contribution in [3.8, 4) is 11.3 Å². The van der Waals surface area contributed by atoms with Gasteiger partial charge in [0.25, 0.3) is 5.91 Å². The minimum absolute atomic E-state index is 0.102. The molecule has 3 aromatic heterocycles. The van der Waals surface area contributed by atoms with E-state index in [0.717, 1.165) is 19.0 Å². The molecule has 0 spiro atoms. The van der Waals surface area contributed by atoms with Crippen LogP contribution in [0, 0.1) is 0 Å². The van der Waals surface area contributed by atoms with Crippen LogP contribution in [0.5, 0.6) is 0 Å². The average molecular weight is 528 g/mol. The fraction of sp³-hybridized carbons (Fsp3) is 0.292. The van der Waals surface area contributed by atoms with Crippen LogP contribution in [0.3, 0.4) is 0 Å². The number of carbonyl (C=O) groups excluding carboxylic acids is 2. The molecule has 5 rings (SSSR count). The molecule has 1 aliphatic heterocycles. The maximum absolute atomic E-state index is 13.3. The Balaban J connectivity index is 1.26. The first-order valence-electron chi connectivity index (χ1n) is 11.8. The van der Waals surface area contributed by atoms with Crippen LogP contribution in [0.25, 0.3) is 16.9 Å². The van der Waals surface area contributed by atoms with Gasteiger partial charge in [-0.15, -0.1) is 0 Å².